The van der Waals surface area contributed by atoms with Crippen LogP contribution in [0, 0.1) is 22.2 Å². The van der Waals surface area contributed by atoms with E-state index < -0.39 is 0 Å². The SMILES string of the molecule is CC(=O)OCCC(=[OH+])[C@]1(C)CC[C@H]2C(C)(C)CCC[C@@]21C. The van der Waals surface area contributed by atoms with Crippen molar-refractivity contribution in [1.29, 1.82) is 0 Å². The summed E-state index contributed by atoms with van der Waals surface area (Å²) in [6, 6.07) is 0. The average Bonchev–Trinajstić information content (AvgIpc) is 2.63. The van der Waals surface area contributed by atoms with Crippen molar-refractivity contribution in [1.82, 2.24) is 0 Å². The van der Waals surface area contributed by atoms with E-state index >= 15 is 0 Å². The lowest BCUT2D eigenvalue weighted by atomic mass is 9.51. The summed E-state index contributed by atoms with van der Waals surface area (Å²) < 4.78 is 5.01. The largest absolute Gasteiger partial charge is 0.465 e. The van der Waals surface area contributed by atoms with Crippen LogP contribution in [0.2, 0.25) is 0 Å². The zero-order valence-electron chi connectivity index (χ0n) is 14.3. The van der Waals surface area contributed by atoms with Gasteiger partial charge in [0.25, 0.3) is 0 Å². The predicted octanol–water partition coefficient (Wildman–Crippen LogP) is 4.12. The van der Waals surface area contributed by atoms with Gasteiger partial charge in [-0.2, -0.15) is 0 Å². The molecule has 0 spiro atoms. The highest BCUT2D eigenvalue weighted by molar-refractivity contribution is 5.87. The van der Waals surface area contributed by atoms with Crippen molar-refractivity contribution >= 4 is 11.8 Å². The average molecular weight is 295 g/mol. The fourth-order valence-corrected chi connectivity index (χ4v) is 5.25. The Kier molecular flexibility index (Phi) is 4.25. The molecule has 2 fully saturated rings. The van der Waals surface area contributed by atoms with Crippen LogP contribution in [0.25, 0.3) is 0 Å². The first-order valence-corrected chi connectivity index (χ1v) is 8.32. The molecule has 120 valence electrons. The summed E-state index contributed by atoms with van der Waals surface area (Å²) >= 11 is 0. The molecule has 0 aromatic carbocycles. The predicted molar refractivity (Wildman–Crippen MR) is 84.8 cm³/mol. The summed E-state index contributed by atoms with van der Waals surface area (Å²) in [7, 11) is 0. The maximum Gasteiger partial charge on any atom is 0.302 e. The van der Waals surface area contributed by atoms with Crippen LogP contribution in [0.4, 0.5) is 0 Å². The van der Waals surface area contributed by atoms with Crippen LogP contribution in [0.3, 0.4) is 0 Å². The van der Waals surface area contributed by atoms with E-state index in [9.17, 15) is 9.59 Å². The molecule has 3 nitrogen and oxygen atoms in total. The van der Waals surface area contributed by atoms with E-state index in [2.05, 4.69) is 27.7 Å². The van der Waals surface area contributed by atoms with Crippen molar-refractivity contribution in [2.24, 2.45) is 22.2 Å². The van der Waals surface area contributed by atoms with E-state index in [1.165, 1.54) is 32.6 Å². The van der Waals surface area contributed by atoms with Crippen molar-refractivity contribution in [2.45, 2.75) is 73.1 Å². The third-order valence-corrected chi connectivity index (χ3v) is 6.70. The Morgan fingerprint density at radius 2 is 1.86 bits per heavy atom. The molecular weight excluding hydrogens is 264 g/mol. The Hall–Kier alpha value is -0.860. The Balaban J connectivity index is 2.15. The Bertz CT molecular complexity index is 440. The second kappa shape index (κ2) is 5.40. The van der Waals surface area contributed by atoms with Gasteiger partial charge in [0, 0.05) is 6.92 Å². The molecule has 0 amide bonds. The number of rotatable bonds is 4. The van der Waals surface area contributed by atoms with E-state index in [-0.39, 0.29) is 16.8 Å². The molecule has 21 heavy (non-hydrogen) atoms. The summed E-state index contributed by atoms with van der Waals surface area (Å²) in [6.45, 7) is 11.1. The number of carbonyl (C=O) groups is 1. The third kappa shape index (κ3) is 2.64. The number of hydrogen-bond acceptors (Lipinski definition) is 2. The van der Waals surface area contributed by atoms with Crippen molar-refractivity contribution in [3.8, 4) is 0 Å². The van der Waals surface area contributed by atoms with Crippen LogP contribution in [-0.4, -0.2) is 23.2 Å². The van der Waals surface area contributed by atoms with Gasteiger partial charge in [-0.05, 0) is 49.4 Å². The number of ketones is 1. The highest BCUT2D eigenvalue weighted by Gasteiger charge is 2.64. The Morgan fingerprint density at radius 1 is 1.19 bits per heavy atom. The summed E-state index contributed by atoms with van der Waals surface area (Å²) in [5.74, 6) is 0.924. The van der Waals surface area contributed by atoms with Gasteiger partial charge in [0.2, 0.25) is 0 Å². The molecule has 0 aromatic heterocycles. The van der Waals surface area contributed by atoms with E-state index in [1.54, 1.807) is 0 Å². The second-order valence-electron chi connectivity index (χ2n) is 8.22. The summed E-state index contributed by atoms with van der Waals surface area (Å²) in [5.41, 5.74) is 0.380. The van der Waals surface area contributed by atoms with Gasteiger partial charge in [-0.25, -0.2) is 0 Å². The zero-order valence-corrected chi connectivity index (χ0v) is 14.3. The molecule has 0 aliphatic heterocycles. The van der Waals surface area contributed by atoms with Gasteiger partial charge in [-0.3, -0.25) is 9.59 Å². The first kappa shape index (κ1) is 16.5. The topological polar surface area (TPSA) is 47.7 Å². The maximum absolute atomic E-state index is 10.9. The van der Waals surface area contributed by atoms with Crippen LogP contribution in [0.15, 0.2) is 0 Å². The summed E-state index contributed by atoms with van der Waals surface area (Å²) in [6.07, 6.45) is 6.43. The third-order valence-electron chi connectivity index (χ3n) is 6.70. The van der Waals surface area contributed by atoms with Gasteiger partial charge >= 0.3 is 11.8 Å². The fourth-order valence-electron chi connectivity index (χ4n) is 5.25. The number of ether oxygens (including phenoxy) is 1. The van der Waals surface area contributed by atoms with Gasteiger partial charge in [-0.1, -0.05) is 27.2 Å². The van der Waals surface area contributed by atoms with E-state index in [0.29, 0.717) is 30.1 Å². The molecule has 0 aromatic rings. The lowest BCUT2D eigenvalue weighted by Gasteiger charge is -2.51. The monoisotopic (exact) mass is 295 g/mol. The molecule has 1 N–H and O–H groups in total. The molecule has 2 aliphatic carbocycles. The smallest absolute Gasteiger partial charge is 0.302 e. The van der Waals surface area contributed by atoms with Crippen molar-refractivity contribution in [3.05, 3.63) is 0 Å². The normalized spacial score (nSPS) is 37.9. The summed E-state index contributed by atoms with van der Waals surface area (Å²) in [5, 5.41) is 0. The lowest BCUT2D eigenvalue weighted by Crippen LogP contribution is -2.49. The van der Waals surface area contributed by atoms with Crippen molar-refractivity contribution < 1.29 is 14.3 Å². The van der Waals surface area contributed by atoms with Crippen LogP contribution >= 0.6 is 0 Å². The molecule has 3 atom stereocenters. The van der Waals surface area contributed by atoms with Crippen LogP contribution in [0.1, 0.15) is 73.1 Å². The van der Waals surface area contributed by atoms with Gasteiger partial charge in [0.1, 0.15) is 6.61 Å². The van der Waals surface area contributed by atoms with Crippen LogP contribution < -0.4 is 0 Å². The van der Waals surface area contributed by atoms with Gasteiger partial charge in [0.15, 0.2) is 0 Å². The standard InChI is InChI=1S/C18H30O3/c1-13(19)21-12-8-15(20)18(5)11-7-14-16(2,3)9-6-10-17(14,18)4/h14H,6-12H2,1-5H3/p+1/t14-,17-,18-/m0/s1. The van der Waals surface area contributed by atoms with E-state index in [4.69, 9.17) is 4.74 Å². The van der Waals surface area contributed by atoms with Crippen molar-refractivity contribution in [2.75, 3.05) is 6.61 Å². The van der Waals surface area contributed by atoms with Crippen LogP contribution in [-0.2, 0) is 9.53 Å². The van der Waals surface area contributed by atoms with Gasteiger partial charge in [0.05, 0.1) is 11.8 Å². The number of carbonyl (C=O) groups excluding carboxylic acids is 2. The minimum absolute atomic E-state index is 0.143. The van der Waals surface area contributed by atoms with E-state index in [1.807, 2.05) is 0 Å². The lowest BCUT2D eigenvalue weighted by molar-refractivity contribution is -0.140. The maximum atomic E-state index is 10.9. The molecule has 0 radical (unpaired) electrons. The first-order valence-electron chi connectivity index (χ1n) is 8.32. The minimum atomic E-state index is -0.276. The molecule has 0 bridgehead atoms. The number of fused-ring (bicyclic) bond motifs is 1. The molecule has 2 saturated carbocycles. The quantitative estimate of drug-likeness (QED) is 0.578. The first-order chi connectivity index (χ1) is 9.63. The van der Waals surface area contributed by atoms with Gasteiger partial charge < -0.3 is 4.74 Å². The molecule has 3 heteroatoms. The van der Waals surface area contributed by atoms with Crippen molar-refractivity contribution in [3.63, 3.8) is 0 Å². The summed E-state index contributed by atoms with van der Waals surface area (Å²) in [4.78, 5) is 21.6. The Morgan fingerprint density at radius 3 is 2.48 bits per heavy atom. The molecule has 0 heterocycles. The van der Waals surface area contributed by atoms with Crippen LogP contribution in [0.5, 0.6) is 0 Å². The Labute approximate surface area is 128 Å². The highest BCUT2D eigenvalue weighted by Crippen LogP contribution is 2.67. The highest BCUT2D eigenvalue weighted by atomic mass is 16.5. The zero-order chi connectivity index (χ0) is 15.9. The molecular formula is C18H31O3+. The second-order valence-corrected chi connectivity index (χ2v) is 8.22. The molecule has 0 saturated heterocycles. The minimum Gasteiger partial charge on any atom is -0.465 e. The molecule has 0 unspecified atom stereocenters. The molecule has 2 rings (SSSR count). The molecule has 2 aliphatic rings. The fraction of sp³-hybridized carbons (Fsp3) is 0.889. The number of esters is 1. The number of hydrogen-bond donors (Lipinski definition) is 0. The van der Waals surface area contributed by atoms with Gasteiger partial charge in [-0.15, -0.1) is 0 Å². The van der Waals surface area contributed by atoms with E-state index in [0.717, 1.165) is 6.42 Å².